The number of ether oxygens (including phenoxy) is 3. The van der Waals surface area contributed by atoms with Gasteiger partial charge in [-0.15, -0.1) is 34.0 Å². The van der Waals surface area contributed by atoms with Gasteiger partial charge in [-0.2, -0.15) is 0 Å². The summed E-state index contributed by atoms with van der Waals surface area (Å²) < 4.78 is 16.0. The molecule has 3 aromatic carbocycles. The van der Waals surface area contributed by atoms with E-state index in [2.05, 4.69) is 16.0 Å². The Morgan fingerprint density at radius 3 is 0.963 bits per heavy atom. The summed E-state index contributed by atoms with van der Waals surface area (Å²) in [5.74, 6) is 0.917. The van der Waals surface area contributed by atoms with Crippen LogP contribution in [0.2, 0.25) is 0 Å². The first kappa shape index (κ1) is 36.7. The van der Waals surface area contributed by atoms with Crippen molar-refractivity contribution >= 4 is 51.7 Å². The number of hydrogen-bond donors (Lipinski definition) is 3. The maximum absolute atomic E-state index is 13.8. The Labute approximate surface area is 323 Å². The average molecular weight is 781 g/mol. The topological polar surface area (TPSA) is 154 Å². The van der Waals surface area contributed by atoms with Crippen LogP contribution in [0.15, 0.2) is 88.9 Å². The number of rotatable bonds is 9. The van der Waals surface area contributed by atoms with Gasteiger partial charge < -0.3 is 30.2 Å². The summed E-state index contributed by atoms with van der Waals surface area (Å²) in [5, 5.41) is 16.1. The van der Waals surface area contributed by atoms with Crippen molar-refractivity contribution in [2.45, 2.75) is 37.4 Å². The van der Waals surface area contributed by atoms with E-state index in [1.165, 1.54) is 34.0 Å². The first-order valence-electron chi connectivity index (χ1n) is 17.0. The van der Waals surface area contributed by atoms with Crippen LogP contribution in [0, 0.1) is 0 Å². The van der Waals surface area contributed by atoms with Gasteiger partial charge in [0.25, 0.3) is 17.7 Å². The zero-order chi connectivity index (χ0) is 37.6. The van der Waals surface area contributed by atoms with E-state index in [-0.39, 0.29) is 17.1 Å². The van der Waals surface area contributed by atoms with E-state index in [9.17, 15) is 14.4 Å². The van der Waals surface area contributed by atoms with Crippen molar-refractivity contribution in [2.24, 2.45) is 0 Å². The van der Waals surface area contributed by atoms with Crippen LogP contribution in [-0.4, -0.2) is 54.0 Å². The largest absolute Gasteiger partial charge is 0.497 e. The van der Waals surface area contributed by atoms with Gasteiger partial charge in [-0.3, -0.25) is 14.4 Å². The second-order valence-electron chi connectivity index (χ2n) is 12.4. The van der Waals surface area contributed by atoms with E-state index < -0.39 is 35.8 Å². The molecule has 15 heteroatoms. The van der Waals surface area contributed by atoms with E-state index in [0.29, 0.717) is 51.5 Å². The van der Waals surface area contributed by atoms with E-state index >= 15 is 0 Å². The maximum Gasteiger partial charge on any atom is 0.271 e. The van der Waals surface area contributed by atoms with Gasteiger partial charge in [-0.05, 0) is 72.4 Å². The van der Waals surface area contributed by atoms with E-state index in [1.54, 1.807) is 37.5 Å². The Balaban J connectivity index is 1.26. The monoisotopic (exact) mass is 780 g/mol. The van der Waals surface area contributed by atoms with Gasteiger partial charge in [0.2, 0.25) is 0 Å². The fraction of sp³-hybridized carbons (Fsp3) is 0.231. The standard InChI is InChI=1S/C39H36N6O6S3/c1-49-25-10-4-22(5-11-25)16-28-37-43-32(19-52-37)35(47)41-30(18-24-8-14-27(51-3)15-9-24)39-45-33(21-54-39)36(48)42-29(17-23-6-12-26(50-2)13-7-23)38-44-31(20-53-38)34(46)40-28/h4-15,19-21,28-30H,16-18H2,1-3H3,(H,40,46)(H,41,47)(H,42,48)/t28-,29-,30-/m0/s1. The van der Waals surface area contributed by atoms with Crippen LogP contribution in [0.3, 0.4) is 0 Å². The summed E-state index contributed by atoms with van der Waals surface area (Å²) in [7, 11) is 4.81. The van der Waals surface area contributed by atoms with Crippen LogP contribution in [-0.2, 0) is 19.3 Å². The summed E-state index contributed by atoms with van der Waals surface area (Å²) in [6.45, 7) is 0. The number of hydrogen-bond acceptors (Lipinski definition) is 12. The minimum atomic E-state index is -0.576. The molecule has 4 heterocycles. The molecule has 0 saturated carbocycles. The fourth-order valence-corrected chi connectivity index (χ4v) is 8.49. The minimum absolute atomic E-state index is 0.205. The molecule has 276 valence electrons. The molecule has 6 bridgehead atoms. The van der Waals surface area contributed by atoms with Gasteiger partial charge in [0, 0.05) is 16.1 Å². The zero-order valence-electron chi connectivity index (χ0n) is 29.5. The number of thiazole rings is 3. The Kier molecular flexibility index (Phi) is 11.3. The van der Waals surface area contributed by atoms with Crippen LogP contribution in [0.25, 0.3) is 0 Å². The summed E-state index contributed by atoms with van der Waals surface area (Å²) in [5.41, 5.74) is 3.42. The molecular formula is C39H36N6O6S3. The predicted octanol–water partition coefficient (Wildman–Crippen LogP) is 6.54. The van der Waals surface area contributed by atoms with Crippen LogP contribution in [0.5, 0.6) is 17.2 Å². The number of carbonyl (C=O) groups is 3. The first-order chi connectivity index (χ1) is 26.3. The number of aromatic nitrogens is 3. The van der Waals surface area contributed by atoms with Crippen molar-refractivity contribution in [3.63, 3.8) is 0 Å². The highest BCUT2D eigenvalue weighted by atomic mass is 32.1. The van der Waals surface area contributed by atoms with Crippen LogP contribution in [0.1, 0.15) is 81.3 Å². The fourth-order valence-electron chi connectivity index (χ4n) is 5.94. The molecule has 0 saturated heterocycles. The quantitative estimate of drug-likeness (QED) is 0.149. The van der Waals surface area contributed by atoms with Crippen molar-refractivity contribution in [3.05, 3.63) is 138 Å². The number of nitrogens with zero attached hydrogens (tertiary/aromatic N) is 3. The number of methoxy groups -OCH3 is 3. The summed E-state index contributed by atoms with van der Waals surface area (Å²) in [4.78, 5) is 55.7. The Bertz CT molecular complexity index is 1980. The third-order valence-corrected chi connectivity index (χ3v) is 11.7. The second-order valence-corrected chi connectivity index (χ2v) is 15.1. The SMILES string of the molecule is COc1ccc(C[C@@H]2NC(=O)c3csc(n3)[C@H](Cc3ccc(OC)cc3)NC(=O)c3csc(n3)[C@H](Cc3ccc(OC)cc3)NC(=O)c3csc2n3)cc1. The van der Waals surface area contributed by atoms with Crippen LogP contribution >= 0.6 is 34.0 Å². The van der Waals surface area contributed by atoms with Crippen molar-refractivity contribution < 1.29 is 28.6 Å². The van der Waals surface area contributed by atoms with Crippen molar-refractivity contribution in [1.29, 1.82) is 0 Å². The van der Waals surface area contributed by atoms with E-state index in [4.69, 9.17) is 29.2 Å². The summed E-state index contributed by atoms with van der Waals surface area (Å²) in [6, 6.07) is 21.0. The molecule has 0 spiro atoms. The van der Waals surface area contributed by atoms with Gasteiger partial charge in [0.05, 0.1) is 39.5 Å². The number of amides is 3. The predicted molar refractivity (Wildman–Crippen MR) is 207 cm³/mol. The van der Waals surface area contributed by atoms with Crippen molar-refractivity contribution in [2.75, 3.05) is 21.3 Å². The highest BCUT2D eigenvalue weighted by Crippen LogP contribution is 2.29. The molecule has 0 unspecified atom stereocenters. The Hall–Kier alpha value is -5.64. The van der Waals surface area contributed by atoms with Crippen molar-refractivity contribution in [1.82, 2.24) is 30.9 Å². The molecule has 7 rings (SSSR count). The highest BCUT2D eigenvalue weighted by Gasteiger charge is 2.28. The van der Waals surface area contributed by atoms with Gasteiger partial charge in [-0.1, -0.05) is 36.4 Å². The molecule has 12 nitrogen and oxygen atoms in total. The molecule has 3 amide bonds. The zero-order valence-corrected chi connectivity index (χ0v) is 32.0. The molecule has 1 aliphatic heterocycles. The minimum Gasteiger partial charge on any atom is -0.497 e. The van der Waals surface area contributed by atoms with Crippen molar-refractivity contribution in [3.8, 4) is 17.2 Å². The lowest BCUT2D eigenvalue weighted by Gasteiger charge is -2.18. The summed E-state index contributed by atoms with van der Waals surface area (Å²) in [6.07, 6.45) is 1.21. The molecule has 54 heavy (non-hydrogen) atoms. The van der Waals surface area contributed by atoms with Crippen LogP contribution in [0.4, 0.5) is 0 Å². The molecule has 0 fully saturated rings. The van der Waals surface area contributed by atoms with Gasteiger partial charge >= 0.3 is 0 Å². The summed E-state index contributed by atoms with van der Waals surface area (Å²) >= 11 is 3.87. The molecule has 0 aliphatic carbocycles. The number of nitrogens with one attached hydrogen (secondary N) is 3. The molecule has 1 aliphatic rings. The lowest BCUT2D eigenvalue weighted by molar-refractivity contribution is 0.0928. The average Bonchev–Trinajstić information content (AvgIpc) is 4.00. The molecule has 3 aromatic heterocycles. The second kappa shape index (κ2) is 16.6. The van der Waals surface area contributed by atoms with Gasteiger partial charge in [-0.25, -0.2) is 15.0 Å². The Morgan fingerprint density at radius 1 is 0.463 bits per heavy atom. The Morgan fingerprint density at radius 2 is 0.722 bits per heavy atom. The normalized spacial score (nSPS) is 17.4. The van der Waals surface area contributed by atoms with Gasteiger partial charge in [0.15, 0.2) is 0 Å². The maximum atomic E-state index is 13.8. The molecule has 0 radical (unpaired) electrons. The first-order valence-corrected chi connectivity index (χ1v) is 19.6. The van der Waals surface area contributed by atoms with Crippen LogP contribution < -0.4 is 30.2 Å². The van der Waals surface area contributed by atoms with Gasteiger partial charge in [0.1, 0.15) is 49.4 Å². The number of carbonyl (C=O) groups excluding carboxylic acids is 3. The third-order valence-electron chi connectivity index (χ3n) is 8.87. The third kappa shape index (κ3) is 8.59. The number of benzene rings is 3. The van der Waals surface area contributed by atoms with E-state index in [0.717, 1.165) is 16.7 Å². The molecule has 6 aromatic rings. The molecular weight excluding hydrogens is 745 g/mol. The smallest absolute Gasteiger partial charge is 0.271 e. The lowest BCUT2D eigenvalue weighted by Crippen LogP contribution is -2.33. The number of fused-ring (bicyclic) bond motifs is 6. The van der Waals surface area contributed by atoms with E-state index in [1.807, 2.05) is 72.8 Å². The molecule has 3 atom stereocenters. The highest BCUT2D eigenvalue weighted by molar-refractivity contribution is 7.10. The molecule has 3 N–H and O–H groups in total. The lowest BCUT2D eigenvalue weighted by atomic mass is 10.1.